The maximum atomic E-state index is 11.7. The molecule has 0 atom stereocenters. The third-order valence-electron chi connectivity index (χ3n) is 2.03. The highest BCUT2D eigenvalue weighted by Gasteiger charge is 2.19. The van der Waals surface area contributed by atoms with Gasteiger partial charge in [-0.25, -0.2) is 31.1 Å². The predicted octanol–water partition coefficient (Wildman–Crippen LogP) is -0.726. The first kappa shape index (κ1) is 16.0. The Bertz CT molecular complexity index is 660. The smallest absolute Gasteiger partial charge is 0.345 e. The van der Waals surface area contributed by atoms with Gasteiger partial charge in [0.1, 0.15) is 9.09 Å². The van der Waals surface area contributed by atoms with E-state index in [9.17, 15) is 21.6 Å². The van der Waals surface area contributed by atoms with Gasteiger partial charge in [-0.1, -0.05) is 0 Å². The lowest BCUT2D eigenvalue weighted by Gasteiger charge is -2.04. The van der Waals surface area contributed by atoms with Crippen LogP contribution in [-0.4, -0.2) is 47.3 Å². The second kappa shape index (κ2) is 5.96. The normalized spacial score (nSPS) is 12.5. The number of nitrogens with one attached hydrogen (secondary N) is 2. The van der Waals surface area contributed by atoms with Crippen molar-refractivity contribution in [2.75, 3.05) is 19.3 Å². The quantitative estimate of drug-likeness (QED) is 0.605. The minimum absolute atomic E-state index is 0.108. The van der Waals surface area contributed by atoms with Gasteiger partial charge in [0, 0.05) is 6.54 Å². The van der Waals surface area contributed by atoms with E-state index in [1.807, 2.05) is 4.72 Å². The minimum Gasteiger partial charge on any atom is -0.477 e. The first-order valence-electron chi connectivity index (χ1n) is 4.92. The molecule has 0 aromatic carbocycles. The van der Waals surface area contributed by atoms with Crippen LogP contribution in [0.2, 0.25) is 0 Å². The second-order valence-corrected chi connectivity index (χ2v) is 8.47. The van der Waals surface area contributed by atoms with Gasteiger partial charge >= 0.3 is 5.97 Å². The van der Waals surface area contributed by atoms with Crippen LogP contribution in [-0.2, 0) is 20.0 Å². The van der Waals surface area contributed by atoms with Gasteiger partial charge < -0.3 is 5.11 Å². The maximum absolute atomic E-state index is 11.7. The van der Waals surface area contributed by atoms with Crippen molar-refractivity contribution in [1.29, 1.82) is 0 Å². The molecular weight excluding hydrogens is 316 g/mol. The van der Waals surface area contributed by atoms with E-state index in [1.54, 1.807) is 0 Å². The zero-order valence-electron chi connectivity index (χ0n) is 9.78. The SMILES string of the molecule is CNS(=O)(=O)CCNS(=O)(=O)c1ccc(C(=O)O)s1. The van der Waals surface area contributed by atoms with Crippen molar-refractivity contribution in [1.82, 2.24) is 9.44 Å². The van der Waals surface area contributed by atoms with Crippen molar-refractivity contribution in [2.45, 2.75) is 4.21 Å². The minimum atomic E-state index is -3.89. The van der Waals surface area contributed by atoms with Gasteiger partial charge in [-0.2, -0.15) is 0 Å². The first-order chi connectivity index (χ1) is 8.68. The van der Waals surface area contributed by atoms with Crippen LogP contribution in [0.3, 0.4) is 0 Å². The third kappa shape index (κ3) is 4.54. The van der Waals surface area contributed by atoms with Crippen LogP contribution in [0.5, 0.6) is 0 Å². The molecule has 0 bridgehead atoms. The van der Waals surface area contributed by atoms with Gasteiger partial charge in [0.2, 0.25) is 20.0 Å². The van der Waals surface area contributed by atoms with Crippen LogP contribution in [0.4, 0.5) is 0 Å². The topological polar surface area (TPSA) is 130 Å². The molecule has 0 saturated carbocycles. The molecule has 0 unspecified atom stereocenters. The number of aromatic carboxylic acids is 1. The molecule has 0 saturated heterocycles. The van der Waals surface area contributed by atoms with Crippen LogP contribution in [0.1, 0.15) is 9.67 Å². The predicted molar refractivity (Wildman–Crippen MR) is 69.3 cm³/mol. The Hall–Kier alpha value is -1.01. The molecule has 19 heavy (non-hydrogen) atoms. The molecule has 8 nitrogen and oxygen atoms in total. The number of hydrogen-bond acceptors (Lipinski definition) is 6. The molecule has 11 heteroatoms. The summed E-state index contributed by atoms with van der Waals surface area (Å²) in [5.41, 5.74) is 0. The third-order valence-corrected chi connectivity index (χ3v) is 6.42. The van der Waals surface area contributed by atoms with E-state index in [0.29, 0.717) is 11.3 Å². The van der Waals surface area contributed by atoms with E-state index in [4.69, 9.17) is 5.11 Å². The highest BCUT2D eigenvalue weighted by atomic mass is 32.2. The summed E-state index contributed by atoms with van der Waals surface area (Å²) < 4.78 is 49.6. The Morgan fingerprint density at radius 2 is 1.95 bits per heavy atom. The van der Waals surface area contributed by atoms with Crippen molar-refractivity contribution in [2.24, 2.45) is 0 Å². The maximum Gasteiger partial charge on any atom is 0.345 e. The Balaban J connectivity index is 2.73. The molecule has 108 valence electrons. The summed E-state index contributed by atoms with van der Waals surface area (Å²) >= 11 is 0.597. The lowest BCUT2D eigenvalue weighted by atomic mass is 10.5. The van der Waals surface area contributed by atoms with Crippen LogP contribution >= 0.6 is 11.3 Å². The lowest BCUT2D eigenvalue weighted by Crippen LogP contribution is -2.32. The fourth-order valence-electron chi connectivity index (χ4n) is 1.06. The largest absolute Gasteiger partial charge is 0.477 e. The fraction of sp³-hybridized carbons (Fsp3) is 0.375. The van der Waals surface area contributed by atoms with Crippen LogP contribution < -0.4 is 9.44 Å². The molecule has 1 aromatic rings. The molecule has 0 spiro atoms. The average Bonchev–Trinajstić information content (AvgIpc) is 2.78. The number of carbonyl (C=O) groups is 1. The molecule has 0 fully saturated rings. The number of rotatable bonds is 7. The van der Waals surface area contributed by atoms with Gasteiger partial charge in [-0.3, -0.25) is 0 Å². The standard InChI is InChI=1S/C8H12N2O6S3/c1-9-18(13,14)5-4-10-19(15,16)7-3-2-6(17-7)8(11)12/h2-3,9-10H,4-5H2,1H3,(H,11,12). The summed E-state index contributed by atoms with van der Waals surface area (Å²) in [6.45, 7) is -0.300. The zero-order chi connectivity index (χ0) is 14.7. The number of thiophene rings is 1. The van der Waals surface area contributed by atoms with E-state index in [2.05, 4.69) is 4.72 Å². The van der Waals surface area contributed by atoms with Crippen molar-refractivity contribution >= 4 is 37.4 Å². The summed E-state index contributed by atoms with van der Waals surface area (Å²) in [6.07, 6.45) is 0. The van der Waals surface area contributed by atoms with E-state index < -0.39 is 31.8 Å². The molecule has 0 aliphatic rings. The number of carboxylic acids is 1. The Morgan fingerprint density at radius 3 is 2.42 bits per heavy atom. The lowest BCUT2D eigenvalue weighted by molar-refractivity contribution is 0.0702. The van der Waals surface area contributed by atoms with Crippen LogP contribution in [0, 0.1) is 0 Å². The molecular formula is C8H12N2O6S3. The number of sulfonamides is 2. The van der Waals surface area contributed by atoms with E-state index >= 15 is 0 Å². The molecule has 1 heterocycles. The summed E-state index contributed by atoms with van der Waals surface area (Å²) in [6, 6.07) is 2.33. The fourth-order valence-corrected chi connectivity index (χ4v) is 3.99. The van der Waals surface area contributed by atoms with Gasteiger partial charge in [-0.15, -0.1) is 11.3 Å². The average molecular weight is 328 g/mol. The second-order valence-electron chi connectivity index (χ2n) is 3.34. The van der Waals surface area contributed by atoms with Gasteiger partial charge in [0.05, 0.1) is 5.75 Å². The molecule has 0 aliphatic heterocycles. The summed E-state index contributed by atoms with van der Waals surface area (Å²) in [5, 5.41) is 8.69. The van der Waals surface area contributed by atoms with Crippen molar-refractivity contribution in [3.05, 3.63) is 17.0 Å². The molecule has 0 amide bonds. The number of hydrogen-bond donors (Lipinski definition) is 3. The van der Waals surface area contributed by atoms with E-state index in [0.717, 1.165) is 6.07 Å². The van der Waals surface area contributed by atoms with Gasteiger partial charge in [0.25, 0.3) is 0 Å². The Morgan fingerprint density at radius 1 is 1.32 bits per heavy atom. The molecule has 1 aromatic heterocycles. The van der Waals surface area contributed by atoms with E-state index in [-0.39, 0.29) is 15.6 Å². The molecule has 0 radical (unpaired) electrons. The first-order valence-corrected chi connectivity index (χ1v) is 8.87. The Labute approximate surface area is 114 Å². The monoisotopic (exact) mass is 328 g/mol. The van der Waals surface area contributed by atoms with Gasteiger partial charge in [-0.05, 0) is 19.2 Å². The molecule has 0 aliphatic carbocycles. The van der Waals surface area contributed by atoms with Crippen LogP contribution in [0.25, 0.3) is 0 Å². The van der Waals surface area contributed by atoms with Crippen LogP contribution in [0.15, 0.2) is 16.3 Å². The van der Waals surface area contributed by atoms with E-state index in [1.165, 1.54) is 13.1 Å². The number of carboxylic acid groups (broad SMARTS) is 1. The molecule has 1 rings (SSSR count). The van der Waals surface area contributed by atoms with Gasteiger partial charge in [0.15, 0.2) is 0 Å². The summed E-state index contributed by atoms with van der Waals surface area (Å²) in [5.74, 6) is -1.62. The van der Waals surface area contributed by atoms with Crippen molar-refractivity contribution in [3.8, 4) is 0 Å². The summed E-state index contributed by atoms with van der Waals surface area (Å²) in [7, 11) is -6.17. The Kier molecular flexibility index (Phi) is 5.04. The molecule has 3 N–H and O–H groups in total. The van der Waals surface area contributed by atoms with Crippen molar-refractivity contribution in [3.63, 3.8) is 0 Å². The highest BCUT2D eigenvalue weighted by Crippen LogP contribution is 2.21. The van der Waals surface area contributed by atoms with Crippen molar-refractivity contribution < 1.29 is 26.7 Å². The zero-order valence-corrected chi connectivity index (χ0v) is 12.2. The highest BCUT2D eigenvalue weighted by molar-refractivity contribution is 7.92. The summed E-state index contributed by atoms with van der Waals surface area (Å²) in [4.78, 5) is 10.5.